The highest BCUT2D eigenvalue weighted by Crippen LogP contribution is 2.32. The summed E-state index contributed by atoms with van der Waals surface area (Å²) in [5.41, 5.74) is 0.954. The van der Waals surface area contributed by atoms with Gasteiger partial charge in [0.15, 0.2) is 0 Å². The molecule has 9 nitrogen and oxygen atoms in total. The van der Waals surface area contributed by atoms with Crippen molar-refractivity contribution in [2.45, 2.75) is 47.7 Å². The van der Waals surface area contributed by atoms with E-state index >= 15 is 0 Å². The van der Waals surface area contributed by atoms with Gasteiger partial charge in [0.25, 0.3) is 0 Å². The molecule has 11 heteroatoms. The molecule has 1 aromatic heterocycles. The highest BCUT2D eigenvalue weighted by molar-refractivity contribution is 7.89. The lowest BCUT2D eigenvalue weighted by molar-refractivity contribution is 0.114. The molecule has 0 saturated carbocycles. The third-order valence-electron chi connectivity index (χ3n) is 6.08. The van der Waals surface area contributed by atoms with Crippen LogP contribution in [0.25, 0.3) is 21.9 Å². The molecule has 2 aliphatic rings. The first kappa shape index (κ1) is 22.8. The second kappa shape index (κ2) is 8.97. The van der Waals surface area contributed by atoms with Gasteiger partial charge in [-0.2, -0.15) is 0 Å². The number of benzene rings is 2. The minimum Gasteiger partial charge on any atom is -0.456 e. The average Bonchev–Trinajstić information content (AvgIpc) is 3.56. The van der Waals surface area contributed by atoms with Gasteiger partial charge in [-0.1, -0.05) is 0 Å². The van der Waals surface area contributed by atoms with Gasteiger partial charge in [-0.25, -0.2) is 26.3 Å². The zero-order chi connectivity index (χ0) is 23.1. The zero-order valence-corrected chi connectivity index (χ0v) is 19.6. The normalized spacial score (nSPS) is 21.9. The van der Waals surface area contributed by atoms with Crippen LogP contribution in [0.5, 0.6) is 0 Å². The minimum absolute atomic E-state index is 0.0838. The molecule has 0 radical (unpaired) electrons. The molecule has 5 rings (SSSR count). The summed E-state index contributed by atoms with van der Waals surface area (Å²) in [7, 11) is -7.52. The predicted octanol–water partition coefficient (Wildman–Crippen LogP) is 2.50. The third kappa shape index (κ3) is 4.79. The molecule has 0 amide bonds. The topological polar surface area (TPSA) is 124 Å². The van der Waals surface area contributed by atoms with Gasteiger partial charge in [0, 0.05) is 37.1 Å². The molecule has 3 aromatic rings. The molecule has 2 aromatic carbocycles. The van der Waals surface area contributed by atoms with Crippen LogP contribution in [0.1, 0.15) is 25.7 Å². The Labute approximate surface area is 192 Å². The van der Waals surface area contributed by atoms with Gasteiger partial charge in [-0.3, -0.25) is 0 Å². The standard InChI is InChI=1S/C22H26N2O7S2/c25-32(26,23-13-15-3-1-9-29-15)17-5-7-21-19(11-17)20-12-18(6-8-22(20)31-21)33(27,28)24-14-16-4-2-10-30-16/h5-8,11-12,15-16,23-24H,1-4,9-10,13-14H2/t15-,16+. The SMILES string of the molecule is O=S(=O)(NC[C@H]1CCCO1)c1ccc2oc3ccc(S(=O)(=O)NC[C@@H]4CCCO4)cc3c2c1. The zero-order valence-electron chi connectivity index (χ0n) is 17.9. The fourth-order valence-electron chi connectivity index (χ4n) is 4.25. The minimum atomic E-state index is -3.76. The monoisotopic (exact) mass is 494 g/mol. The first-order valence-corrected chi connectivity index (χ1v) is 14.0. The lowest BCUT2D eigenvalue weighted by Crippen LogP contribution is -2.31. The maximum Gasteiger partial charge on any atom is 0.240 e. The smallest absolute Gasteiger partial charge is 0.240 e. The number of sulfonamides is 2. The fourth-order valence-corrected chi connectivity index (χ4v) is 6.44. The van der Waals surface area contributed by atoms with Gasteiger partial charge >= 0.3 is 0 Å². The molecule has 2 atom stereocenters. The molecule has 2 fully saturated rings. The van der Waals surface area contributed by atoms with Gasteiger partial charge in [0.2, 0.25) is 20.0 Å². The molecule has 3 heterocycles. The Bertz CT molecular complexity index is 1270. The number of rotatable bonds is 8. The van der Waals surface area contributed by atoms with E-state index in [-0.39, 0.29) is 35.1 Å². The maximum atomic E-state index is 12.8. The summed E-state index contributed by atoms with van der Waals surface area (Å²) in [6, 6.07) is 9.14. The van der Waals surface area contributed by atoms with Crippen LogP contribution in [-0.2, 0) is 29.5 Å². The molecule has 33 heavy (non-hydrogen) atoms. The van der Waals surface area contributed by atoms with Crippen LogP contribution in [-0.4, -0.2) is 55.3 Å². The Morgan fingerprint density at radius 3 is 1.58 bits per heavy atom. The van der Waals surface area contributed by atoms with Gasteiger partial charge < -0.3 is 13.9 Å². The predicted molar refractivity (Wildman–Crippen MR) is 122 cm³/mol. The lowest BCUT2D eigenvalue weighted by atomic mass is 10.1. The van der Waals surface area contributed by atoms with E-state index < -0.39 is 20.0 Å². The highest BCUT2D eigenvalue weighted by atomic mass is 32.2. The number of ether oxygens (including phenoxy) is 2. The third-order valence-corrected chi connectivity index (χ3v) is 8.93. The largest absolute Gasteiger partial charge is 0.456 e. The Morgan fingerprint density at radius 2 is 1.18 bits per heavy atom. The van der Waals surface area contributed by atoms with E-state index in [2.05, 4.69) is 9.44 Å². The van der Waals surface area contributed by atoms with Crippen molar-refractivity contribution in [3.05, 3.63) is 36.4 Å². The second-order valence-electron chi connectivity index (χ2n) is 8.39. The summed E-state index contributed by atoms with van der Waals surface area (Å²) in [6.45, 7) is 1.72. The van der Waals surface area contributed by atoms with E-state index in [4.69, 9.17) is 13.9 Å². The summed E-state index contributed by atoms with van der Waals surface area (Å²) in [5.74, 6) is 0. The Kier molecular flexibility index (Phi) is 6.19. The van der Waals surface area contributed by atoms with Crippen molar-refractivity contribution < 1.29 is 30.7 Å². The molecule has 2 N–H and O–H groups in total. The Balaban J connectivity index is 1.43. The van der Waals surface area contributed by atoms with Crippen molar-refractivity contribution in [3.63, 3.8) is 0 Å². The molecule has 0 bridgehead atoms. The van der Waals surface area contributed by atoms with E-state index in [9.17, 15) is 16.8 Å². The molecule has 0 spiro atoms. The van der Waals surface area contributed by atoms with E-state index in [0.717, 1.165) is 25.7 Å². The Hall–Kier alpha value is -2.02. The fraction of sp³-hybridized carbons (Fsp3) is 0.455. The summed E-state index contributed by atoms with van der Waals surface area (Å²) in [5, 5.41) is 1.06. The summed E-state index contributed by atoms with van der Waals surface area (Å²) >= 11 is 0. The van der Waals surface area contributed by atoms with E-state index in [1.165, 1.54) is 24.3 Å². The van der Waals surface area contributed by atoms with Gasteiger partial charge in [0.05, 0.1) is 22.0 Å². The number of nitrogens with one attached hydrogen (secondary N) is 2. The lowest BCUT2D eigenvalue weighted by Gasteiger charge is -2.11. The van der Waals surface area contributed by atoms with Crippen molar-refractivity contribution >= 4 is 42.0 Å². The first-order valence-electron chi connectivity index (χ1n) is 11.0. The number of hydrogen-bond acceptors (Lipinski definition) is 7. The average molecular weight is 495 g/mol. The van der Waals surface area contributed by atoms with Crippen molar-refractivity contribution in [2.75, 3.05) is 26.3 Å². The van der Waals surface area contributed by atoms with Crippen molar-refractivity contribution in [1.82, 2.24) is 9.44 Å². The maximum absolute atomic E-state index is 12.8. The van der Waals surface area contributed by atoms with Crippen molar-refractivity contribution in [1.29, 1.82) is 0 Å². The van der Waals surface area contributed by atoms with E-state index in [1.54, 1.807) is 12.1 Å². The van der Waals surface area contributed by atoms with E-state index in [1.807, 2.05) is 0 Å². The van der Waals surface area contributed by atoms with Crippen LogP contribution < -0.4 is 9.44 Å². The highest BCUT2D eigenvalue weighted by Gasteiger charge is 2.23. The van der Waals surface area contributed by atoms with Gasteiger partial charge in [0.1, 0.15) is 11.2 Å². The van der Waals surface area contributed by atoms with Crippen LogP contribution in [0.4, 0.5) is 0 Å². The molecular formula is C22H26N2O7S2. The van der Waals surface area contributed by atoms with Crippen LogP contribution in [0, 0.1) is 0 Å². The van der Waals surface area contributed by atoms with Crippen molar-refractivity contribution in [3.8, 4) is 0 Å². The van der Waals surface area contributed by atoms with Gasteiger partial charge in [-0.05, 0) is 62.1 Å². The van der Waals surface area contributed by atoms with Crippen LogP contribution in [0.15, 0.2) is 50.6 Å². The molecule has 178 valence electrons. The van der Waals surface area contributed by atoms with Crippen LogP contribution in [0.3, 0.4) is 0 Å². The summed E-state index contributed by atoms with van der Waals surface area (Å²) in [4.78, 5) is 0.168. The summed E-state index contributed by atoms with van der Waals surface area (Å²) < 4.78 is 73.2. The number of fused-ring (bicyclic) bond motifs is 3. The van der Waals surface area contributed by atoms with Gasteiger partial charge in [-0.15, -0.1) is 0 Å². The summed E-state index contributed by atoms with van der Waals surface area (Å²) in [6.07, 6.45) is 3.26. The molecule has 0 aliphatic carbocycles. The first-order chi connectivity index (χ1) is 15.8. The second-order valence-corrected chi connectivity index (χ2v) is 11.9. The van der Waals surface area contributed by atoms with Crippen LogP contribution >= 0.6 is 0 Å². The number of hydrogen-bond donors (Lipinski definition) is 2. The quantitative estimate of drug-likeness (QED) is 0.493. The van der Waals surface area contributed by atoms with Crippen LogP contribution in [0.2, 0.25) is 0 Å². The number of furan rings is 1. The van der Waals surface area contributed by atoms with Crippen molar-refractivity contribution in [2.24, 2.45) is 0 Å². The molecule has 0 unspecified atom stereocenters. The molecular weight excluding hydrogens is 468 g/mol. The Morgan fingerprint density at radius 1 is 0.727 bits per heavy atom. The molecule has 2 saturated heterocycles. The van der Waals surface area contributed by atoms with E-state index in [0.29, 0.717) is 35.2 Å². The molecule has 2 aliphatic heterocycles.